The van der Waals surface area contributed by atoms with Gasteiger partial charge in [-0.2, -0.15) is 8.42 Å². The van der Waals surface area contributed by atoms with E-state index in [2.05, 4.69) is 0 Å². The Labute approximate surface area is 106 Å². The molecule has 0 aliphatic heterocycles. The van der Waals surface area contributed by atoms with Crippen LogP contribution in [-0.4, -0.2) is 19.1 Å². The summed E-state index contributed by atoms with van der Waals surface area (Å²) in [5.74, 6) is 0.733. The standard InChI is InChI=1S/C13H14O4S/c1-9(2)17-12-5-3-11-8-13(18(14,15)16)6-4-10(11)7-12/h3-9H,1-2H3,(H,14,15,16). The molecule has 0 aromatic heterocycles. The topological polar surface area (TPSA) is 63.6 Å². The Morgan fingerprint density at radius 2 is 1.67 bits per heavy atom. The minimum atomic E-state index is -4.15. The maximum atomic E-state index is 11.0. The summed E-state index contributed by atoms with van der Waals surface area (Å²) in [6, 6.07) is 9.83. The van der Waals surface area contributed by atoms with Crippen LogP contribution >= 0.6 is 0 Å². The van der Waals surface area contributed by atoms with Crippen LogP contribution in [0.15, 0.2) is 41.3 Å². The van der Waals surface area contributed by atoms with Gasteiger partial charge in [-0.25, -0.2) is 0 Å². The minimum Gasteiger partial charge on any atom is -0.491 e. The maximum absolute atomic E-state index is 11.0. The summed E-state index contributed by atoms with van der Waals surface area (Å²) in [6.07, 6.45) is 0.0829. The molecule has 0 amide bonds. The molecule has 18 heavy (non-hydrogen) atoms. The molecule has 0 aliphatic rings. The average Bonchev–Trinajstić information content (AvgIpc) is 2.26. The zero-order valence-corrected chi connectivity index (χ0v) is 10.9. The second-order valence-electron chi connectivity index (χ2n) is 4.31. The average molecular weight is 266 g/mol. The van der Waals surface area contributed by atoms with Crippen LogP contribution in [0, 0.1) is 0 Å². The van der Waals surface area contributed by atoms with E-state index < -0.39 is 10.1 Å². The van der Waals surface area contributed by atoms with Gasteiger partial charge in [-0.05, 0) is 48.9 Å². The van der Waals surface area contributed by atoms with E-state index in [0.29, 0.717) is 0 Å². The Morgan fingerprint density at radius 1 is 1.06 bits per heavy atom. The number of rotatable bonds is 3. The molecule has 0 spiro atoms. The van der Waals surface area contributed by atoms with Crippen LogP contribution in [0.3, 0.4) is 0 Å². The van der Waals surface area contributed by atoms with Crippen molar-refractivity contribution >= 4 is 20.9 Å². The van der Waals surface area contributed by atoms with E-state index in [4.69, 9.17) is 9.29 Å². The van der Waals surface area contributed by atoms with Gasteiger partial charge in [0, 0.05) is 0 Å². The lowest BCUT2D eigenvalue weighted by Crippen LogP contribution is -2.05. The molecular weight excluding hydrogens is 252 g/mol. The summed E-state index contributed by atoms with van der Waals surface area (Å²) in [5.41, 5.74) is 0. The van der Waals surface area contributed by atoms with Crippen molar-refractivity contribution in [1.82, 2.24) is 0 Å². The molecule has 0 radical (unpaired) electrons. The molecule has 4 nitrogen and oxygen atoms in total. The summed E-state index contributed by atoms with van der Waals surface area (Å²) < 4.78 is 36.6. The second-order valence-corrected chi connectivity index (χ2v) is 5.73. The lowest BCUT2D eigenvalue weighted by Gasteiger charge is -2.10. The molecule has 0 saturated carbocycles. The van der Waals surface area contributed by atoms with E-state index in [9.17, 15) is 8.42 Å². The highest BCUT2D eigenvalue weighted by Crippen LogP contribution is 2.24. The molecule has 0 atom stereocenters. The largest absolute Gasteiger partial charge is 0.491 e. The molecule has 0 saturated heterocycles. The molecule has 0 aliphatic carbocycles. The van der Waals surface area contributed by atoms with Crippen LogP contribution < -0.4 is 4.74 Å². The third-order valence-corrected chi connectivity index (χ3v) is 3.30. The van der Waals surface area contributed by atoms with E-state index >= 15 is 0 Å². The molecular formula is C13H14O4S. The van der Waals surface area contributed by atoms with E-state index in [-0.39, 0.29) is 11.0 Å². The van der Waals surface area contributed by atoms with E-state index in [0.717, 1.165) is 16.5 Å². The van der Waals surface area contributed by atoms with Gasteiger partial charge in [0.1, 0.15) is 5.75 Å². The first-order chi connectivity index (χ1) is 8.36. The second kappa shape index (κ2) is 4.59. The van der Waals surface area contributed by atoms with Crippen LogP contribution in [0.1, 0.15) is 13.8 Å². The molecule has 0 bridgehead atoms. The molecule has 2 aromatic rings. The number of hydrogen-bond donors (Lipinski definition) is 1. The van der Waals surface area contributed by atoms with Gasteiger partial charge in [-0.3, -0.25) is 4.55 Å². The molecule has 1 N–H and O–H groups in total. The van der Waals surface area contributed by atoms with Gasteiger partial charge in [-0.1, -0.05) is 12.1 Å². The first kappa shape index (κ1) is 12.9. The predicted octanol–water partition coefficient (Wildman–Crippen LogP) is 2.87. The lowest BCUT2D eigenvalue weighted by molar-refractivity contribution is 0.243. The quantitative estimate of drug-likeness (QED) is 0.868. The fourth-order valence-corrected chi connectivity index (χ4v) is 2.22. The fourth-order valence-electron chi connectivity index (χ4n) is 1.71. The molecule has 2 aromatic carbocycles. The van der Waals surface area contributed by atoms with E-state index in [1.54, 1.807) is 18.2 Å². The van der Waals surface area contributed by atoms with Gasteiger partial charge >= 0.3 is 0 Å². The van der Waals surface area contributed by atoms with Crippen molar-refractivity contribution in [1.29, 1.82) is 0 Å². The number of fused-ring (bicyclic) bond motifs is 1. The summed E-state index contributed by atoms with van der Waals surface area (Å²) >= 11 is 0. The van der Waals surface area contributed by atoms with Gasteiger partial charge in [0.15, 0.2) is 0 Å². The van der Waals surface area contributed by atoms with E-state index in [1.165, 1.54) is 12.1 Å². The van der Waals surface area contributed by atoms with Crippen LogP contribution in [0.4, 0.5) is 0 Å². The van der Waals surface area contributed by atoms with Crippen molar-refractivity contribution in [2.24, 2.45) is 0 Å². The first-order valence-electron chi connectivity index (χ1n) is 5.54. The summed E-state index contributed by atoms with van der Waals surface area (Å²) in [6.45, 7) is 3.87. The fraction of sp³-hybridized carbons (Fsp3) is 0.231. The number of ether oxygens (including phenoxy) is 1. The number of hydrogen-bond acceptors (Lipinski definition) is 3. The Morgan fingerprint density at radius 3 is 2.28 bits per heavy atom. The molecule has 2 rings (SSSR count). The Balaban J connectivity index is 2.49. The Hall–Kier alpha value is -1.59. The molecule has 0 fully saturated rings. The van der Waals surface area contributed by atoms with Gasteiger partial charge < -0.3 is 4.74 Å². The SMILES string of the molecule is CC(C)Oc1ccc2cc(S(=O)(=O)O)ccc2c1. The normalized spacial score (nSPS) is 12.0. The highest BCUT2D eigenvalue weighted by Gasteiger charge is 2.10. The van der Waals surface area contributed by atoms with Crippen molar-refractivity contribution in [3.63, 3.8) is 0 Å². The van der Waals surface area contributed by atoms with Gasteiger partial charge in [0.05, 0.1) is 11.0 Å². The third-order valence-electron chi connectivity index (χ3n) is 2.45. The molecule has 5 heteroatoms. The monoisotopic (exact) mass is 266 g/mol. The Bertz CT molecular complexity index is 674. The lowest BCUT2D eigenvalue weighted by atomic mass is 10.1. The summed E-state index contributed by atoms with van der Waals surface area (Å²) in [7, 11) is -4.15. The van der Waals surface area contributed by atoms with Crippen molar-refractivity contribution in [2.45, 2.75) is 24.8 Å². The predicted molar refractivity (Wildman–Crippen MR) is 69.5 cm³/mol. The van der Waals surface area contributed by atoms with Gasteiger partial charge in [0.25, 0.3) is 10.1 Å². The number of benzene rings is 2. The summed E-state index contributed by atoms with van der Waals surface area (Å²) in [4.78, 5) is -0.104. The molecule has 96 valence electrons. The first-order valence-corrected chi connectivity index (χ1v) is 6.98. The highest BCUT2D eigenvalue weighted by molar-refractivity contribution is 7.85. The highest BCUT2D eigenvalue weighted by atomic mass is 32.2. The maximum Gasteiger partial charge on any atom is 0.294 e. The van der Waals surface area contributed by atoms with Crippen molar-refractivity contribution < 1.29 is 17.7 Å². The van der Waals surface area contributed by atoms with E-state index in [1.807, 2.05) is 19.9 Å². The van der Waals surface area contributed by atoms with Crippen LogP contribution in [0.5, 0.6) is 5.75 Å². The smallest absolute Gasteiger partial charge is 0.294 e. The molecule has 0 heterocycles. The van der Waals surface area contributed by atoms with Crippen LogP contribution in [-0.2, 0) is 10.1 Å². The van der Waals surface area contributed by atoms with Crippen molar-refractivity contribution in [2.75, 3.05) is 0 Å². The summed E-state index contributed by atoms with van der Waals surface area (Å²) in [5, 5.41) is 1.60. The van der Waals surface area contributed by atoms with Crippen molar-refractivity contribution in [3.05, 3.63) is 36.4 Å². The van der Waals surface area contributed by atoms with Gasteiger partial charge in [-0.15, -0.1) is 0 Å². The molecule has 0 unspecified atom stereocenters. The minimum absolute atomic E-state index is 0.0829. The van der Waals surface area contributed by atoms with Gasteiger partial charge in [0.2, 0.25) is 0 Å². The van der Waals surface area contributed by atoms with Crippen LogP contribution in [0.25, 0.3) is 10.8 Å². The zero-order chi connectivity index (χ0) is 13.3. The third kappa shape index (κ3) is 2.80. The Kier molecular flexibility index (Phi) is 3.28. The zero-order valence-electron chi connectivity index (χ0n) is 10.1. The van der Waals surface area contributed by atoms with Crippen molar-refractivity contribution in [3.8, 4) is 5.75 Å². The van der Waals surface area contributed by atoms with Crippen LogP contribution in [0.2, 0.25) is 0 Å².